The van der Waals surface area contributed by atoms with E-state index in [-0.39, 0.29) is 13.2 Å². The highest BCUT2D eigenvalue weighted by atomic mass is 16.5. The molecule has 0 saturated heterocycles. The van der Waals surface area contributed by atoms with Gasteiger partial charge in [0.25, 0.3) is 5.97 Å². The standard InChI is InChI=1S/C4H10O2.C4H10O.C2H4O2/c5-3-1-2-4-6;1-3-5-4-2;1-2(3)4/h5-6H,1-4H2;3-4H2,1-2H3;1H3,(H,3,4). The predicted octanol–water partition coefficient (Wildman–Crippen LogP) is 0.885. The van der Waals surface area contributed by atoms with Crippen molar-refractivity contribution >= 4 is 5.97 Å². The molecule has 0 rings (SSSR count). The van der Waals surface area contributed by atoms with Crippen molar-refractivity contribution in [1.29, 1.82) is 0 Å². The smallest absolute Gasteiger partial charge is 0.300 e. The number of carboxylic acid groups (broad SMARTS) is 1. The summed E-state index contributed by atoms with van der Waals surface area (Å²) in [5.41, 5.74) is 0. The van der Waals surface area contributed by atoms with Crippen molar-refractivity contribution in [2.24, 2.45) is 0 Å². The summed E-state index contributed by atoms with van der Waals surface area (Å²) >= 11 is 0. The van der Waals surface area contributed by atoms with E-state index in [1.807, 2.05) is 13.8 Å². The fraction of sp³-hybridized carbons (Fsp3) is 0.900. The van der Waals surface area contributed by atoms with Gasteiger partial charge in [-0.15, -0.1) is 0 Å². The van der Waals surface area contributed by atoms with E-state index in [9.17, 15) is 0 Å². The van der Waals surface area contributed by atoms with Crippen LogP contribution in [0.15, 0.2) is 0 Å². The Hall–Kier alpha value is -0.650. The van der Waals surface area contributed by atoms with Crippen molar-refractivity contribution in [1.82, 2.24) is 0 Å². The summed E-state index contributed by atoms with van der Waals surface area (Å²) in [5, 5.41) is 23.6. The number of hydrogen-bond acceptors (Lipinski definition) is 4. The van der Waals surface area contributed by atoms with Crippen molar-refractivity contribution < 1.29 is 24.9 Å². The molecular formula is C10H24O5. The molecule has 3 N–H and O–H groups in total. The van der Waals surface area contributed by atoms with E-state index in [1.54, 1.807) is 0 Å². The average Bonchev–Trinajstić information content (AvgIpc) is 2.16. The van der Waals surface area contributed by atoms with Crippen LogP contribution in [0.3, 0.4) is 0 Å². The van der Waals surface area contributed by atoms with Crippen molar-refractivity contribution in [2.45, 2.75) is 33.6 Å². The fourth-order valence-electron chi connectivity index (χ4n) is 0.428. The first-order valence-corrected chi connectivity index (χ1v) is 5.05. The van der Waals surface area contributed by atoms with Crippen LogP contribution in [0.2, 0.25) is 0 Å². The summed E-state index contributed by atoms with van der Waals surface area (Å²) in [6, 6.07) is 0. The van der Waals surface area contributed by atoms with Crippen molar-refractivity contribution in [2.75, 3.05) is 26.4 Å². The van der Waals surface area contributed by atoms with E-state index in [0.717, 1.165) is 33.0 Å². The summed E-state index contributed by atoms with van der Waals surface area (Å²) < 4.78 is 4.83. The Morgan fingerprint density at radius 1 is 1.07 bits per heavy atom. The van der Waals surface area contributed by atoms with Crippen LogP contribution in [0.5, 0.6) is 0 Å². The molecule has 0 saturated carbocycles. The van der Waals surface area contributed by atoms with E-state index in [1.165, 1.54) is 0 Å². The number of rotatable bonds is 5. The van der Waals surface area contributed by atoms with Gasteiger partial charge >= 0.3 is 0 Å². The second kappa shape index (κ2) is 23.3. The van der Waals surface area contributed by atoms with Crippen LogP contribution >= 0.6 is 0 Å². The molecule has 94 valence electrons. The Morgan fingerprint density at radius 2 is 1.33 bits per heavy atom. The molecule has 0 bridgehead atoms. The normalized spacial score (nSPS) is 8.07. The van der Waals surface area contributed by atoms with E-state index < -0.39 is 5.97 Å². The lowest BCUT2D eigenvalue weighted by atomic mass is 10.3. The first-order chi connectivity index (χ1) is 7.06. The van der Waals surface area contributed by atoms with Crippen LogP contribution in [0.1, 0.15) is 33.6 Å². The molecule has 0 aliphatic heterocycles. The highest BCUT2D eigenvalue weighted by Gasteiger charge is 1.77. The fourth-order valence-corrected chi connectivity index (χ4v) is 0.428. The number of aliphatic carboxylic acids is 1. The molecule has 0 fully saturated rings. The van der Waals surface area contributed by atoms with Crippen molar-refractivity contribution in [3.8, 4) is 0 Å². The Bertz CT molecular complexity index is 96.0. The summed E-state index contributed by atoms with van der Waals surface area (Å²) in [4.78, 5) is 9.00. The molecule has 15 heavy (non-hydrogen) atoms. The molecule has 5 nitrogen and oxygen atoms in total. The van der Waals surface area contributed by atoms with Gasteiger partial charge in [0.05, 0.1) is 0 Å². The Kier molecular flexibility index (Phi) is 30.8. The molecule has 0 heterocycles. The molecule has 0 aliphatic rings. The maximum atomic E-state index is 9.00. The Labute approximate surface area is 91.7 Å². The number of carbonyl (C=O) groups is 1. The van der Waals surface area contributed by atoms with E-state index in [4.69, 9.17) is 24.9 Å². The van der Waals surface area contributed by atoms with Gasteiger partial charge < -0.3 is 20.1 Å². The molecule has 0 radical (unpaired) electrons. The van der Waals surface area contributed by atoms with Crippen LogP contribution in [-0.2, 0) is 9.53 Å². The minimum Gasteiger partial charge on any atom is -0.481 e. The lowest BCUT2D eigenvalue weighted by Crippen LogP contribution is -1.85. The van der Waals surface area contributed by atoms with Gasteiger partial charge in [-0.3, -0.25) is 4.79 Å². The number of aliphatic hydroxyl groups is 2. The highest BCUT2D eigenvalue weighted by Crippen LogP contribution is 1.80. The third kappa shape index (κ3) is 90.9. The molecule has 0 aromatic rings. The first-order valence-electron chi connectivity index (χ1n) is 5.05. The number of carboxylic acids is 1. The van der Waals surface area contributed by atoms with Crippen molar-refractivity contribution in [3.05, 3.63) is 0 Å². The van der Waals surface area contributed by atoms with E-state index >= 15 is 0 Å². The summed E-state index contributed by atoms with van der Waals surface area (Å²) in [5.74, 6) is -0.833. The minimum atomic E-state index is -0.833. The lowest BCUT2D eigenvalue weighted by molar-refractivity contribution is -0.134. The zero-order valence-corrected chi connectivity index (χ0v) is 9.90. The molecule has 0 aromatic heterocycles. The molecule has 5 heteroatoms. The lowest BCUT2D eigenvalue weighted by Gasteiger charge is -1.86. The van der Waals surface area contributed by atoms with Gasteiger partial charge in [-0.1, -0.05) is 0 Å². The third-order valence-corrected chi connectivity index (χ3v) is 0.974. The topological polar surface area (TPSA) is 87.0 Å². The first kappa shape index (κ1) is 19.9. The molecular weight excluding hydrogens is 200 g/mol. The zero-order valence-electron chi connectivity index (χ0n) is 9.90. The second-order valence-corrected chi connectivity index (χ2v) is 2.45. The van der Waals surface area contributed by atoms with E-state index in [2.05, 4.69) is 0 Å². The maximum absolute atomic E-state index is 9.00. The SMILES string of the molecule is CC(=O)O.CCOCC.OCCCCO. The van der Waals surface area contributed by atoms with Gasteiger partial charge in [0.2, 0.25) is 0 Å². The van der Waals surface area contributed by atoms with Crippen LogP contribution < -0.4 is 0 Å². The van der Waals surface area contributed by atoms with Crippen LogP contribution in [0.25, 0.3) is 0 Å². The zero-order chi connectivity index (χ0) is 12.5. The van der Waals surface area contributed by atoms with Gasteiger partial charge in [-0.2, -0.15) is 0 Å². The quantitative estimate of drug-likeness (QED) is 0.603. The van der Waals surface area contributed by atoms with E-state index in [0.29, 0.717) is 0 Å². The largest absolute Gasteiger partial charge is 0.481 e. The van der Waals surface area contributed by atoms with Gasteiger partial charge in [0.1, 0.15) is 0 Å². The third-order valence-electron chi connectivity index (χ3n) is 0.974. The maximum Gasteiger partial charge on any atom is 0.300 e. The highest BCUT2D eigenvalue weighted by molar-refractivity contribution is 5.62. The summed E-state index contributed by atoms with van der Waals surface area (Å²) in [7, 11) is 0. The number of unbranched alkanes of at least 4 members (excludes halogenated alkanes) is 1. The summed E-state index contributed by atoms with van der Waals surface area (Å²) in [6.07, 6.45) is 1.44. The number of ether oxygens (including phenoxy) is 1. The molecule has 0 unspecified atom stereocenters. The molecule has 0 spiro atoms. The molecule has 0 atom stereocenters. The van der Waals surface area contributed by atoms with Crippen LogP contribution in [0, 0.1) is 0 Å². The van der Waals surface area contributed by atoms with Gasteiger partial charge in [0.15, 0.2) is 0 Å². The molecule has 0 amide bonds. The Balaban J connectivity index is -0.000000147. The van der Waals surface area contributed by atoms with Crippen molar-refractivity contribution in [3.63, 3.8) is 0 Å². The molecule has 0 aromatic carbocycles. The average molecular weight is 224 g/mol. The second-order valence-electron chi connectivity index (χ2n) is 2.45. The number of hydrogen-bond donors (Lipinski definition) is 3. The Morgan fingerprint density at radius 3 is 1.40 bits per heavy atom. The number of aliphatic hydroxyl groups excluding tert-OH is 2. The van der Waals surface area contributed by atoms with Gasteiger partial charge in [-0.25, -0.2) is 0 Å². The summed E-state index contributed by atoms with van der Waals surface area (Å²) in [6.45, 7) is 7.14. The van der Waals surface area contributed by atoms with Gasteiger partial charge in [0, 0.05) is 33.4 Å². The van der Waals surface area contributed by atoms with Crippen LogP contribution in [-0.4, -0.2) is 47.7 Å². The predicted molar refractivity (Wildman–Crippen MR) is 58.9 cm³/mol. The van der Waals surface area contributed by atoms with Gasteiger partial charge in [-0.05, 0) is 26.7 Å². The molecule has 0 aliphatic carbocycles. The minimum absolute atomic E-state index is 0.195. The monoisotopic (exact) mass is 224 g/mol. The van der Waals surface area contributed by atoms with Crippen LogP contribution in [0.4, 0.5) is 0 Å².